The van der Waals surface area contributed by atoms with E-state index in [1.165, 1.54) is 19.3 Å². The van der Waals surface area contributed by atoms with E-state index in [0.717, 1.165) is 37.0 Å². The van der Waals surface area contributed by atoms with Crippen molar-refractivity contribution >= 4 is 15.7 Å². The number of sulfonamides is 1. The molecule has 0 spiro atoms. The Balaban J connectivity index is 2.05. The predicted molar refractivity (Wildman–Crippen MR) is 81.3 cm³/mol. The number of hydrogen-bond acceptors (Lipinski definition) is 3. The summed E-state index contributed by atoms with van der Waals surface area (Å²) in [6.07, 6.45) is 7.71. The van der Waals surface area contributed by atoms with Crippen LogP contribution >= 0.6 is 0 Å². The van der Waals surface area contributed by atoms with Crippen molar-refractivity contribution in [3.63, 3.8) is 0 Å². The molecule has 0 amide bonds. The van der Waals surface area contributed by atoms with E-state index < -0.39 is 10.0 Å². The van der Waals surface area contributed by atoms with Gasteiger partial charge in [-0.3, -0.25) is 0 Å². The van der Waals surface area contributed by atoms with Crippen LogP contribution in [0.5, 0.6) is 0 Å². The van der Waals surface area contributed by atoms with Gasteiger partial charge in [0.1, 0.15) is 0 Å². The summed E-state index contributed by atoms with van der Waals surface area (Å²) in [6, 6.07) is 6.79. The molecule has 2 rings (SSSR count). The lowest BCUT2D eigenvalue weighted by molar-refractivity contribution is 0.581. The molecule has 1 N–H and O–H groups in total. The topological polar surface area (TPSA) is 58.5 Å². The zero-order valence-corrected chi connectivity index (χ0v) is 12.7. The molecule has 1 fully saturated rings. The monoisotopic (exact) mass is 294 g/mol. The standard InChI is InChI=1S/C15H22N2O2S/c1-13-9-11-15(12-10-13)20(18,19)17-16-14-7-5-3-2-4-6-8-14/h9-12,17H,2-8H2,1H3. The normalized spacial score (nSPS) is 17.1. The molecule has 0 saturated heterocycles. The van der Waals surface area contributed by atoms with E-state index >= 15 is 0 Å². The summed E-state index contributed by atoms with van der Waals surface area (Å²) in [4.78, 5) is 2.64. The Hall–Kier alpha value is -1.36. The maximum absolute atomic E-state index is 12.1. The van der Waals surface area contributed by atoms with Crippen LogP contribution in [0.4, 0.5) is 0 Å². The van der Waals surface area contributed by atoms with E-state index in [4.69, 9.17) is 0 Å². The molecule has 0 atom stereocenters. The lowest BCUT2D eigenvalue weighted by atomic mass is 9.99. The molecule has 4 nitrogen and oxygen atoms in total. The Morgan fingerprint density at radius 3 is 2.10 bits per heavy atom. The van der Waals surface area contributed by atoms with Gasteiger partial charge >= 0.3 is 0 Å². The minimum absolute atomic E-state index is 0.262. The second kappa shape index (κ2) is 6.88. The zero-order valence-electron chi connectivity index (χ0n) is 11.9. The Morgan fingerprint density at radius 2 is 1.50 bits per heavy atom. The summed E-state index contributed by atoms with van der Waals surface area (Å²) in [5, 5.41) is 4.13. The van der Waals surface area contributed by atoms with E-state index in [-0.39, 0.29) is 4.90 Å². The van der Waals surface area contributed by atoms with Crippen LogP contribution in [0.3, 0.4) is 0 Å². The predicted octanol–water partition coefficient (Wildman–Crippen LogP) is 3.37. The first-order valence-electron chi connectivity index (χ1n) is 7.22. The highest BCUT2D eigenvalue weighted by atomic mass is 32.2. The molecule has 0 radical (unpaired) electrons. The van der Waals surface area contributed by atoms with Crippen LogP contribution in [0.2, 0.25) is 0 Å². The van der Waals surface area contributed by atoms with E-state index in [2.05, 4.69) is 9.93 Å². The fraction of sp³-hybridized carbons (Fsp3) is 0.533. The maximum Gasteiger partial charge on any atom is 0.276 e. The number of rotatable bonds is 3. The molecule has 1 aliphatic carbocycles. The first-order valence-corrected chi connectivity index (χ1v) is 8.70. The van der Waals surface area contributed by atoms with Gasteiger partial charge < -0.3 is 0 Å². The van der Waals surface area contributed by atoms with Gasteiger partial charge in [-0.1, -0.05) is 37.0 Å². The zero-order chi connectivity index (χ0) is 14.4. The first-order chi connectivity index (χ1) is 9.58. The van der Waals surface area contributed by atoms with Crippen LogP contribution in [0.15, 0.2) is 34.3 Å². The molecule has 110 valence electrons. The quantitative estimate of drug-likeness (QED) is 0.869. The summed E-state index contributed by atoms with van der Waals surface area (Å²) >= 11 is 0. The molecule has 1 aromatic carbocycles. The Morgan fingerprint density at radius 1 is 0.950 bits per heavy atom. The van der Waals surface area contributed by atoms with E-state index in [1.807, 2.05) is 6.92 Å². The van der Waals surface area contributed by atoms with Gasteiger partial charge in [-0.15, -0.1) is 0 Å². The molecule has 0 aromatic heterocycles. The molecule has 1 aliphatic rings. The molecular weight excluding hydrogens is 272 g/mol. The Labute approximate surface area is 121 Å². The average molecular weight is 294 g/mol. The summed E-state index contributed by atoms with van der Waals surface area (Å²) in [5.74, 6) is 0. The number of nitrogens with zero attached hydrogens (tertiary/aromatic N) is 1. The fourth-order valence-corrected chi connectivity index (χ4v) is 3.17. The average Bonchev–Trinajstić information content (AvgIpc) is 2.38. The Kier molecular flexibility index (Phi) is 5.17. The van der Waals surface area contributed by atoms with Gasteiger partial charge in [0.15, 0.2) is 0 Å². The van der Waals surface area contributed by atoms with Crippen LogP contribution in [0.1, 0.15) is 50.5 Å². The number of benzene rings is 1. The summed E-state index contributed by atoms with van der Waals surface area (Å²) in [5.41, 5.74) is 2.01. The highest BCUT2D eigenvalue weighted by Crippen LogP contribution is 2.15. The van der Waals surface area contributed by atoms with Crippen molar-refractivity contribution < 1.29 is 8.42 Å². The molecule has 0 bridgehead atoms. The molecular formula is C15H22N2O2S. The van der Waals surface area contributed by atoms with Crippen molar-refractivity contribution in [2.75, 3.05) is 0 Å². The molecule has 1 saturated carbocycles. The van der Waals surface area contributed by atoms with Crippen LogP contribution in [0, 0.1) is 6.92 Å². The van der Waals surface area contributed by atoms with Crippen LogP contribution in [0.25, 0.3) is 0 Å². The van der Waals surface area contributed by atoms with Gasteiger partial charge in [-0.25, -0.2) is 4.83 Å². The van der Waals surface area contributed by atoms with Gasteiger partial charge in [-0.05, 0) is 44.7 Å². The molecule has 1 aromatic rings. The van der Waals surface area contributed by atoms with Crippen LogP contribution in [-0.4, -0.2) is 14.1 Å². The van der Waals surface area contributed by atoms with Crippen LogP contribution in [-0.2, 0) is 10.0 Å². The van der Waals surface area contributed by atoms with Crippen molar-refractivity contribution in [1.29, 1.82) is 0 Å². The molecule has 0 heterocycles. The maximum atomic E-state index is 12.1. The lowest BCUT2D eigenvalue weighted by Crippen LogP contribution is -2.20. The van der Waals surface area contributed by atoms with Crippen LogP contribution < -0.4 is 4.83 Å². The third kappa shape index (κ3) is 4.34. The van der Waals surface area contributed by atoms with E-state index in [9.17, 15) is 8.42 Å². The second-order valence-corrected chi connectivity index (χ2v) is 7.01. The summed E-state index contributed by atoms with van der Waals surface area (Å²) in [6.45, 7) is 1.93. The van der Waals surface area contributed by atoms with Gasteiger partial charge in [0.05, 0.1) is 4.90 Å². The van der Waals surface area contributed by atoms with E-state index in [0.29, 0.717) is 0 Å². The Bertz CT molecular complexity index is 552. The van der Waals surface area contributed by atoms with Crippen molar-refractivity contribution in [1.82, 2.24) is 4.83 Å². The number of hydrogen-bond donors (Lipinski definition) is 1. The largest absolute Gasteiger partial charge is 0.276 e. The minimum Gasteiger partial charge on any atom is -0.200 e. The van der Waals surface area contributed by atoms with Gasteiger partial charge in [0.2, 0.25) is 0 Å². The van der Waals surface area contributed by atoms with Crippen molar-refractivity contribution in [2.24, 2.45) is 5.10 Å². The lowest BCUT2D eigenvalue weighted by Gasteiger charge is -2.11. The first kappa shape index (κ1) is 15.0. The fourth-order valence-electron chi connectivity index (χ4n) is 2.32. The van der Waals surface area contributed by atoms with Gasteiger partial charge in [0.25, 0.3) is 10.0 Å². The summed E-state index contributed by atoms with van der Waals surface area (Å²) < 4.78 is 24.2. The van der Waals surface area contributed by atoms with Crippen molar-refractivity contribution in [3.8, 4) is 0 Å². The number of nitrogens with one attached hydrogen (secondary N) is 1. The van der Waals surface area contributed by atoms with Gasteiger partial charge in [-0.2, -0.15) is 13.5 Å². The summed E-state index contributed by atoms with van der Waals surface area (Å²) in [7, 11) is -3.53. The van der Waals surface area contributed by atoms with Crippen molar-refractivity contribution in [2.45, 2.75) is 56.8 Å². The van der Waals surface area contributed by atoms with Crippen molar-refractivity contribution in [3.05, 3.63) is 29.8 Å². The molecule has 5 heteroatoms. The van der Waals surface area contributed by atoms with E-state index in [1.54, 1.807) is 24.3 Å². The second-order valence-electron chi connectivity index (χ2n) is 5.35. The highest BCUT2D eigenvalue weighted by molar-refractivity contribution is 7.89. The number of aryl methyl sites for hydroxylation is 1. The molecule has 20 heavy (non-hydrogen) atoms. The minimum atomic E-state index is -3.53. The molecule has 0 unspecified atom stereocenters. The smallest absolute Gasteiger partial charge is 0.200 e. The SMILES string of the molecule is Cc1ccc(S(=O)(=O)NN=C2CCCCCCC2)cc1. The highest BCUT2D eigenvalue weighted by Gasteiger charge is 2.13. The number of hydrazone groups is 1. The van der Waals surface area contributed by atoms with Gasteiger partial charge in [0, 0.05) is 5.71 Å². The molecule has 0 aliphatic heterocycles. The third-order valence-electron chi connectivity index (χ3n) is 3.59. The third-order valence-corrected chi connectivity index (χ3v) is 4.81.